The van der Waals surface area contributed by atoms with Gasteiger partial charge in [0, 0.05) is 26.1 Å². The Kier molecular flexibility index (Phi) is 6.24. The molecule has 0 aliphatic carbocycles. The minimum absolute atomic E-state index is 0.279. The van der Waals surface area contributed by atoms with Crippen molar-refractivity contribution >= 4 is 17.2 Å². The van der Waals surface area contributed by atoms with Crippen LogP contribution in [0.25, 0.3) is 0 Å². The van der Waals surface area contributed by atoms with Crippen LogP contribution in [0.3, 0.4) is 0 Å². The van der Waals surface area contributed by atoms with Crippen molar-refractivity contribution in [1.29, 1.82) is 0 Å². The second-order valence-corrected chi connectivity index (χ2v) is 3.53. The monoisotopic (exact) mass is 190 g/mol. The zero-order chi connectivity index (χ0) is 9.56. The van der Waals surface area contributed by atoms with E-state index >= 15 is 0 Å². The molecule has 0 aliphatic rings. The highest BCUT2D eigenvalue weighted by Crippen LogP contribution is 1.97. The molecule has 0 aromatic rings. The van der Waals surface area contributed by atoms with E-state index in [1.165, 1.54) is 0 Å². The van der Waals surface area contributed by atoms with Gasteiger partial charge in [-0.2, -0.15) is 0 Å². The molecule has 2 N–H and O–H groups in total. The Bertz CT molecular complexity index is 141. The molecule has 0 bridgehead atoms. The predicted octanol–water partition coefficient (Wildman–Crippen LogP) is 0.487. The molecule has 0 aliphatic heterocycles. The Morgan fingerprint density at radius 2 is 2.25 bits per heavy atom. The molecule has 0 aromatic heterocycles. The fourth-order valence-corrected chi connectivity index (χ4v) is 0.970. The standard InChI is InChI=1S/C8H18N2OS/c1-7(8(9)12)6-10(2)4-5-11-3/h7H,4-6H2,1-3H3,(H2,9,12). The quantitative estimate of drug-likeness (QED) is 0.619. The van der Waals surface area contributed by atoms with Crippen molar-refractivity contribution in [3.63, 3.8) is 0 Å². The van der Waals surface area contributed by atoms with Gasteiger partial charge < -0.3 is 15.4 Å². The molecule has 72 valence electrons. The van der Waals surface area contributed by atoms with Crippen LogP contribution in [0.5, 0.6) is 0 Å². The van der Waals surface area contributed by atoms with Crippen molar-refractivity contribution < 1.29 is 4.74 Å². The highest BCUT2D eigenvalue weighted by molar-refractivity contribution is 7.80. The number of nitrogens with two attached hydrogens (primary N) is 1. The van der Waals surface area contributed by atoms with Crippen LogP contribution in [0.15, 0.2) is 0 Å². The summed E-state index contributed by atoms with van der Waals surface area (Å²) in [5.41, 5.74) is 5.49. The summed E-state index contributed by atoms with van der Waals surface area (Å²) in [6, 6.07) is 0. The molecule has 1 unspecified atom stereocenters. The first-order chi connectivity index (χ1) is 5.57. The molecule has 12 heavy (non-hydrogen) atoms. The molecule has 0 fully saturated rings. The van der Waals surface area contributed by atoms with Gasteiger partial charge in [0.2, 0.25) is 0 Å². The van der Waals surface area contributed by atoms with Gasteiger partial charge in [0.1, 0.15) is 0 Å². The SMILES string of the molecule is COCCN(C)CC(C)C(N)=S. The van der Waals surface area contributed by atoms with Crippen LogP contribution in [0.2, 0.25) is 0 Å². The Morgan fingerprint density at radius 1 is 1.67 bits per heavy atom. The summed E-state index contributed by atoms with van der Waals surface area (Å²) in [6.45, 7) is 4.61. The van der Waals surface area contributed by atoms with E-state index in [1.807, 2.05) is 14.0 Å². The van der Waals surface area contributed by atoms with E-state index in [4.69, 9.17) is 22.7 Å². The van der Waals surface area contributed by atoms with E-state index in [9.17, 15) is 0 Å². The van der Waals surface area contributed by atoms with Gasteiger partial charge in [-0.1, -0.05) is 19.1 Å². The lowest BCUT2D eigenvalue weighted by atomic mass is 10.2. The van der Waals surface area contributed by atoms with Gasteiger partial charge in [-0.05, 0) is 7.05 Å². The van der Waals surface area contributed by atoms with Crippen molar-refractivity contribution in [2.75, 3.05) is 33.9 Å². The van der Waals surface area contributed by atoms with Crippen LogP contribution in [-0.2, 0) is 4.74 Å². The molecule has 0 spiro atoms. The Morgan fingerprint density at radius 3 is 2.67 bits per heavy atom. The van der Waals surface area contributed by atoms with Crippen molar-refractivity contribution in [2.45, 2.75) is 6.92 Å². The van der Waals surface area contributed by atoms with Gasteiger partial charge in [-0.25, -0.2) is 0 Å². The summed E-state index contributed by atoms with van der Waals surface area (Å²) in [6.07, 6.45) is 0. The molecular weight excluding hydrogens is 172 g/mol. The number of hydrogen-bond acceptors (Lipinski definition) is 3. The first-order valence-electron chi connectivity index (χ1n) is 4.04. The molecule has 1 atom stereocenters. The van der Waals surface area contributed by atoms with E-state index in [0.717, 1.165) is 19.7 Å². The summed E-state index contributed by atoms with van der Waals surface area (Å²) in [4.78, 5) is 2.74. The molecule has 0 amide bonds. The van der Waals surface area contributed by atoms with Gasteiger partial charge in [0.25, 0.3) is 0 Å². The highest BCUT2D eigenvalue weighted by Gasteiger charge is 2.07. The highest BCUT2D eigenvalue weighted by atomic mass is 32.1. The molecule has 4 heteroatoms. The topological polar surface area (TPSA) is 38.5 Å². The van der Waals surface area contributed by atoms with E-state index in [1.54, 1.807) is 7.11 Å². The number of likely N-dealkylation sites (N-methyl/N-ethyl adjacent to an activating group) is 1. The first-order valence-corrected chi connectivity index (χ1v) is 4.45. The lowest BCUT2D eigenvalue weighted by Gasteiger charge is -2.19. The molecule has 0 radical (unpaired) electrons. The van der Waals surface area contributed by atoms with Crippen LogP contribution in [0.4, 0.5) is 0 Å². The maximum Gasteiger partial charge on any atom is 0.0768 e. The van der Waals surface area contributed by atoms with E-state index in [-0.39, 0.29) is 5.92 Å². The second-order valence-electron chi connectivity index (χ2n) is 3.06. The molecule has 0 rings (SSSR count). The summed E-state index contributed by atoms with van der Waals surface area (Å²) in [7, 11) is 3.73. The molecule has 0 saturated carbocycles. The minimum atomic E-state index is 0.279. The van der Waals surface area contributed by atoms with Gasteiger partial charge >= 0.3 is 0 Å². The second kappa shape index (κ2) is 6.34. The maximum atomic E-state index is 5.49. The summed E-state index contributed by atoms with van der Waals surface area (Å²) in [5.74, 6) is 0.279. The van der Waals surface area contributed by atoms with Crippen LogP contribution in [-0.4, -0.2) is 43.7 Å². The third-order valence-electron chi connectivity index (χ3n) is 1.75. The normalized spacial score (nSPS) is 13.3. The van der Waals surface area contributed by atoms with Crippen LogP contribution in [0, 0.1) is 5.92 Å². The lowest BCUT2D eigenvalue weighted by molar-refractivity contribution is 0.158. The van der Waals surface area contributed by atoms with Crippen molar-refractivity contribution in [1.82, 2.24) is 4.90 Å². The zero-order valence-corrected chi connectivity index (χ0v) is 8.86. The number of hydrogen-bond donors (Lipinski definition) is 1. The third kappa shape index (κ3) is 5.46. The smallest absolute Gasteiger partial charge is 0.0768 e. The van der Waals surface area contributed by atoms with Crippen molar-refractivity contribution in [3.8, 4) is 0 Å². The zero-order valence-electron chi connectivity index (χ0n) is 8.04. The van der Waals surface area contributed by atoms with Crippen molar-refractivity contribution in [2.24, 2.45) is 11.7 Å². The van der Waals surface area contributed by atoms with Gasteiger partial charge in [-0.15, -0.1) is 0 Å². The predicted molar refractivity (Wildman–Crippen MR) is 55.3 cm³/mol. The number of thiocarbonyl (C=S) groups is 1. The minimum Gasteiger partial charge on any atom is -0.393 e. The van der Waals surface area contributed by atoms with E-state index in [2.05, 4.69) is 4.90 Å². The molecule has 0 saturated heterocycles. The van der Waals surface area contributed by atoms with Crippen LogP contribution >= 0.6 is 12.2 Å². The Balaban J connectivity index is 3.53. The van der Waals surface area contributed by atoms with Gasteiger partial charge in [-0.3, -0.25) is 0 Å². The summed E-state index contributed by atoms with van der Waals surface area (Å²) in [5, 5.41) is 0. The average Bonchev–Trinajstić information content (AvgIpc) is 2.00. The maximum absolute atomic E-state index is 5.49. The van der Waals surface area contributed by atoms with Crippen LogP contribution < -0.4 is 5.73 Å². The third-order valence-corrected chi connectivity index (χ3v) is 2.15. The summed E-state index contributed by atoms with van der Waals surface area (Å²) >= 11 is 4.87. The fourth-order valence-electron chi connectivity index (χ4n) is 0.896. The van der Waals surface area contributed by atoms with Gasteiger partial charge in [0.05, 0.1) is 11.6 Å². The Hall–Kier alpha value is -0.190. The largest absolute Gasteiger partial charge is 0.393 e. The van der Waals surface area contributed by atoms with Crippen molar-refractivity contribution in [3.05, 3.63) is 0 Å². The van der Waals surface area contributed by atoms with E-state index < -0.39 is 0 Å². The fraction of sp³-hybridized carbons (Fsp3) is 0.875. The van der Waals surface area contributed by atoms with E-state index in [0.29, 0.717) is 4.99 Å². The molecule has 0 aromatic carbocycles. The van der Waals surface area contributed by atoms with Gasteiger partial charge in [0.15, 0.2) is 0 Å². The van der Waals surface area contributed by atoms with Crippen LogP contribution in [0.1, 0.15) is 6.92 Å². The number of methoxy groups -OCH3 is 1. The average molecular weight is 190 g/mol. The number of nitrogens with zero attached hydrogens (tertiary/aromatic N) is 1. The summed E-state index contributed by atoms with van der Waals surface area (Å²) < 4.78 is 4.95. The number of rotatable bonds is 6. The molecule has 0 heterocycles. The molecule has 3 nitrogen and oxygen atoms in total. The first kappa shape index (κ1) is 11.8. The molecular formula is C8H18N2OS. The lowest BCUT2D eigenvalue weighted by Crippen LogP contribution is -2.33. The number of ether oxygens (including phenoxy) is 1. The Labute approximate surface area is 79.9 Å².